The Morgan fingerprint density at radius 3 is 2.62 bits per heavy atom. The smallest absolute Gasteiger partial charge is 0.408 e. The van der Waals surface area contributed by atoms with Gasteiger partial charge in [0.2, 0.25) is 0 Å². The Morgan fingerprint density at radius 1 is 1.42 bits per heavy atom. The molecule has 7 heteroatoms. The maximum Gasteiger partial charge on any atom is 0.408 e. The Labute approximate surface area is 149 Å². The number of carbonyl (C=O) groups is 1. The zero-order chi connectivity index (χ0) is 18.8. The average Bonchev–Trinajstić information content (AvgIpc) is 2.48. The molecule has 1 aliphatic rings. The largest absolute Gasteiger partial charge is 0.452 e. The van der Waals surface area contributed by atoms with Crippen LogP contribution >= 0.6 is 0 Å². The normalized spacial score (nSPS) is 19.7. The molecule has 1 saturated heterocycles. The summed E-state index contributed by atoms with van der Waals surface area (Å²) >= 11 is 0. The predicted octanol–water partition coefficient (Wildman–Crippen LogP) is 3.24. The molecule has 5 nitrogen and oxygen atoms in total. The molecule has 0 spiro atoms. The molecule has 1 fully saturated rings. The van der Waals surface area contributed by atoms with Crippen molar-refractivity contribution < 1.29 is 13.9 Å². The van der Waals surface area contributed by atoms with Crippen LogP contribution in [0.25, 0.3) is 0 Å². The first-order valence-electron chi connectivity index (χ1n) is 8.67. The molecule has 1 aromatic carbocycles. The van der Waals surface area contributed by atoms with E-state index in [2.05, 4.69) is 4.90 Å². The van der Waals surface area contributed by atoms with E-state index in [1.165, 1.54) is 6.07 Å². The Morgan fingerprint density at radius 2 is 2.08 bits per heavy atom. The minimum atomic E-state index is -0.508. The van der Waals surface area contributed by atoms with Gasteiger partial charge in [0.15, 0.2) is 0 Å². The van der Waals surface area contributed by atoms with E-state index in [4.69, 9.17) is 10.5 Å². The van der Waals surface area contributed by atoms with Gasteiger partial charge < -0.3 is 20.3 Å². The topological polar surface area (TPSA) is 58.8 Å². The second kappa shape index (κ2) is 8.15. The summed E-state index contributed by atoms with van der Waals surface area (Å²) in [4.78, 5) is 16.0. The third kappa shape index (κ3) is 5.43. The second-order valence-electron chi connectivity index (χ2n) is 7.67. The molecule has 0 saturated carbocycles. The average molecular weight is 612 g/mol. The van der Waals surface area contributed by atoms with Gasteiger partial charge in [-0.3, -0.25) is 0 Å². The molecule has 1 aliphatic heterocycles. The number of nitrogens with zero attached hydrogens (tertiary/aromatic N) is 2. The van der Waals surface area contributed by atoms with Crippen LogP contribution in [0.5, 0.6) is 0 Å². The Balaban J connectivity index is 0.00000338. The number of benzene rings is 1. The fraction of sp³-hybridized carbons (Fsp3) is 0.579. The first-order chi connectivity index (χ1) is 11.6. The van der Waals surface area contributed by atoms with E-state index in [1.54, 1.807) is 17.9 Å². The molecule has 0 aromatic heterocycles. The van der Waals surface area contributed by atoms with Gasteiger partial charge in [0.25, 0.3) is 0 Å². The number of carbonyl (C=O) groups excluding carboxylic acids is 1. The van der Waals surface area contributed by atoms with Crippen molar-refractivity contribution in [1.82, 2.24) is 9.80 Å². The number of rotatable bonds is 3. The quantitative estimate of drug-likeness (QED) is 0.533. The van der Waals surface area contributed by atoms with Gasteiger partial charge in [0.05, 0.1) is 0 Å². The van der Waals surface area contributed by atoms with Gasteiger partial charge in [-0.1, -0.05) is 25.1 Å². The molecule has 2 rings (SSSR count). The minimum Gasteiger partial charge on any atom is -0.452 e. The number of halogens is 1. The summed E-state index contributed by atoms with van der Waals surface area (Å²) in [5.41, 5.74) is 7.12. The van der Waals surface area contributed by atoms with Gasteiger partial charge >= 0.3 is 6.09 Å². The first kappa shape index (κ1) is 21.4. The van der Waals surface area contributed by atoms with Crippen LogP contribution in [-0.4, -0.2) is 47.2 Å². The molecule has 2 atom stereocenters. The van der Waals surface area contributed by atoms with Gasteiger partial charge in [-0.2, -0.15) is 0 Å². The van der Waals surface area contributed by atoms with Crippen LogP contribution in [0.15, 0.2) is 18.2 Å². The van der Waals surface area contributed by atoms with Gasteiger partial charge in [-0.05, 0) is 58.0 Å². The van der Waals surface area contributed by atoms with Crippen LogP contribution < -0.4 is 5.73 Å². The van der Waals surface area contributed by atoms with E-state index in [1.807, 2.05) is 40.3 Å². The zero-order valence-corrected chi connectivity index (χ0v) is 18.2. The van der Waals surface area contributed by atoms with E-state index < -0.39 is 5.60 Å². The number of piperazine rings is 1. The standard InChI is InChI=1S/C19H29FN3O2.Lr/c1-13-6-7-15(10-16(13)20)17(21)12-22-8-9-23(14(2)11-22)18(24)25-19(3,4)5;/h6-7,10-11,14,17H,8-9,12,21H2,1-5H3;/q-1;/t14-,17?;/m1./s1. The van der Waals surface area contributed by atoms with Crippen molar-refractivity contribution in [3.63, 3.8) is 0 Å². The van der Waals surface area contributed by atoms with Crippen LogP contribution in [-0.2, 0) is 4.74 Å². The maximum atomic E-state index is 13.7. The molecule has 1 radical (unpaired) electrons. The number of aryl methyl sites for hydroxylation is 1. The first-order valence-corrected chi connectivity index (χ1v) is 8.67. The fourth-order valence-corrected chi connectivity index (χ4v) is 2.83. The van der Waals surface area contributed by atoms with Crippen molar-refractivity contribution in [2.45, 2.75) is 52.3 Å². The third-order valence-corrected chi connectivity index (χ3v) is 4.23. The molecule has 1 amide bonds. The van der Waals surface area contributed by atoms with Crippen molar-refractivity contribution >= 4 is 6.09 Å². The van der Waals surface area contributed by atoms with Crippen molar-refractivity contribution in [2.75, 3.05) is 19.6 Å². The SMILES string of the molecule is Cc1ccc(C(N)CN2[CH-][C@@H](C)N(C(=O)OC(C)(C)C)CC2)cc1F.[Lr]. The molecule has 1 unspecified atom stereocenters. The van der Waals surface area contributed by atoms with Crippen LogP contribution in [0.4, 0.5) is 9.18 Å². The maximum absolute atomic E-state index is 13.7. The molecule has 1 heterocycles. The predicted molar refractivity (Wildman–Crippen MR) is 96.3 cm³/mol. The summed E-state index contributed by atoms with van der Waals surface area (Å²) < 4.78 is 19.2. The summed E-state index contributed by atoms with van der Waals surface area (Å²) in [5.74, 6) is -0.236. The molecule has 0 bridgehead atoms. The number of amides is 1. The molecule has 0 aliphatic carbocycles. The van der Waals surface area contributed by atoms with Crippen molar-refractivity contribution in [3.05, 3.63) is 41.7 Å². The van der Waals surface area contributed by atoms with Crippen molar-refractivity contribution in [2.24, 2.45) is 5.73 Å². The number of hydrogen-bond acceptors (Lipinski definition) is 4. The molecule has 1 aromatic rings. The van der Waals surface area contributed by atoms with Gasteiger partial charge in [0.1, 0.15) is 11.4 Å². The van der Waals surface area contributed by atoms with Crippen LogP contribution in [0.2, 0.25) is 0 Å². The van der Waals surface area contributed by atoms with E-state index in [0.29, 0.717) is 25.2 Å². The second-order valence-corrected chi connectivity index (χ2v) is 7.67. The molecule has 26 heavy (non-hydrogen) atoms. The minimum absolute atomic E-state index is 0. The van der Waals surface area contributed by atoms with Crippen molar-refractivity contribution in [3.8, 4) is 0 Å². The van der Waals surface area contributed by atoms with E-state index in [-0.39, 0.29) is 24.0 Å². The molecule has 2 N–H and O–H groups in total. The third-order valence-electron chi connectivity index (χ3n) is 4.23. The molecular weight excluding hydrogens is 583 g/mol. The number of hydrogen-bond donors (Lipinski definition) is 1. The summed E-state index contributed by atoms with van der Waals surface area (Å²) in [6.07, 6.45) is -0.305. The summed E-state index contributed by atoms with van der Waals surface area (Å²) in [6.45, 7) is 13.1. The Bertz CT molecular complexity index is 621. The van der Waals surface area contributed by atoms with Gasteiger partial charge in [-0.25, -0.2) is 15.7 Å². The van der Waals surface area contributed by atoms with Crippen molar-refractivity contribution in [1.29, 1.82) is 0 Å². The van der Waals surface area contributed by atoms with E-state index in [9.17, 15) is 9.18 Å². The summed E-state index contributed by atoms with van der Waals surface area (Å²) in [5, 5.41) is 0. The monoisotopic (exact) mass is 612 g/mol. The Hall–Kier alpha value is -2.66. The number of nitrogens with two attached hydrogens (primary N) is 1. The molecular formula is C19H29FLrN3O2-. The van der Waals surface area contributed by atoms with E-state index in [0.717, 1.165) is 5.56 Å². The summed E-state index contributed by atoms with van der Waals surface area (Å²) in [7, 11) is 0. The van der Waals surface area contributed by atoms with Gasteiger partial charge in [0, 0.05) is 12.6 Å². The van der Waals surface area contributed by atoms with Crippen LogP contribution in [0, 0.1) is 19.3 Å². The number of ether oxygens (including phenoxy) is 1. The molecule has 155 valence electrons. The Kier molecular flexibility index (Phi) is 6.70. The van der Waals surface area contributed by atoms with Gasteiger partial charge in [-0.15, -0.1) is 0 Å². The van der Waals surface area contributed by atoms with E-state index >= 15 is 0 Å². The van der Waals surface area contributed by atoms with Crippen LogP contribution in [0.3, 0.4) is 0 Å². The fourth-order valence-electron chi connectivity index (χ4n) is 2.83. The summed E-state index contributed by atoms with van der Waals surface area (Å²) in [6, 6.07) is 4.75. The van der Waals surface area contributed by atoms with Crippen LogP contribution in [0.1, 0.15) is 44.9 Å². The zero-order valence-electron chi connectivity index (χ0n) is 16.0.